The van der Waals surface area contributed by atoms with E-state index >= 15 is 0 Å². The third-order valence-corrected chi connectivity index (χ3v) is 4.75. The molecule has 0 aliphatic heterocycles. The molecule has 0 fully saturated rings. The minimum absolute atomic E-state index is 0.0332. The lowest BCUT2D eigenvalue weighted by atomic mass is 10.1. The topological polar surface area (TPSA) is 212 Å². The Labute approximate surface area is 175 Å². The summed E-state index contributed by atoms with van der Waals surface area (Å²) in [5.74, 6) is -1.59. The predicted molar refractivity (Wildman–Crippen MR) is 115 cm³/mol. The van der Waals surface area contributed by atoms with Crippen molar-refractivity contribution in [1.82, 2.24) is 10.6 Å². The molecule has 0 aromatic rings. The molecule has 11 nitrogen and oxygen atoms in total. The van der Waals surface area contributed by atoms with Crippen molar-refractivity contribution in [2.75, 3.05) is 25.1 Å². The number of hydrogen-bond donors (Lipinski definition) is 7. The first-order valence-corrected chi connectivity index (χ1v) is 11.0. The van der Waals surface area contributed by atoms with Crippen LogP contribution in [0.2, 0.25) is 0 Å². The van der Waals surface area contributed by atoms with Gasteiger partial charge in [0, 0.05) is 6.54 Å². The average molecular weight is 434 g/mol. The van der Waals surface area contributed by atoms with Gasteiger partial charge in [-0.1, -0.05) is 0 Å². The van der Waals surface area contributed by atoms with Gasteiger partial charge in [0.05, 0.1) is 6.04 Å². The summed E-state index contributed by atoms with van der Waals surface area (Å²) in [5.41, 5.74) is 21.8. The van der Waals surface area contributed by atoms with Gasteiger partial charge in [0.1, 0.15) is 12.1 Å². The molecule has 168 valence electrons. The Bertz CT molecular complexity index is 544. The van der Waals surface area contributed by atoms with Crippen LogP contribution < -0.4 is 33.6 Å². The van der Waals surface area contributed by atoms with Crippen molar-refractivity contribution >= 4 is 35.5 Å². The van der Waals surface area contributed by atoms with E-state index in [9.17, 15) is 19.5 Å². The molecule has 0 aromatic carbocycles. The second-order valence-electron chi connectivity index (χ2n) is 6.58. The molecule has 0 aliphatic carbocycles. The van der Waals surface area contributed by atoms with Crippen molar-refractivity contribution in [1.29, 1.82) is 0 Å². The van der Waals surface area contributed by atoms with E-state index in [-0.39, 0.29) is 12.4 Å². The number of nitrogens with two attached hydrogens (primary N) is 4. The molecule has 0 bridgehead atoms. The summed E-state index contributed by atoms with van der Waals surface area (Å²) in [7, 11) is 0. The fourth-order valence-electron chi connectivity index (χ4n) is 2.46. The van der Waals surface area contributed by atoms with E-state index in [0.29, 0.717) is 50.9 Å². The fourth-order valence-corrected chi connectivity index (χ4v) is 2.93. The summed E-state index contributed by atoms with van der Waals surface area (Å²) in [6.07, 6.45) is 4.61. The average Bonchev–Trinajstić information content (AvgIpc) is 2.66. The van der Waals surface area contributed by atoms with Gasteiger partial charge in [-0.3, -0.25) is 14.6 Å². The number of carboxylic acids is 1. The van der Waals surface area contributed by atoms with E-state index in [0.717, 1.165) is 0 Å². The summed E-state index contributed by atoms with van der Waals surface area (Å²) in [6, 6.07) is -2.73. The Morgan fingerprint density at radius 3 is 2.21 bits per heavy atom. The highest BCUT2D eigenvalue weighted by molar-refractivity contribution is 7.98. The SMILES string of the molecule is CSCCC(NC(=O)C(CCCCN)NC(=O)C(N)CCCN=C(N)N)C(=O)O. The van der Waals surface area contributed by atoms with Gasteiger partial charge in [-0.15, -0.1) is 0 Å². The van der Waals surface area contributed by atoms with Crippen LogP contribution in [0, 0.1) is 0 Å². The Balaban J connectivity index is 4.87. The molecule has 0 saturated heterocycles. The van der Waals surface area contributed by atoms with E-state index in [1.165, 1.54) is 11.8 Å². The zero-order valence-electron chi connectivity index (χ0n) is 16.9. The highest BCUT2D eigenvalue weighted by Crippen LogP contribution is 2.06. The van der Waals surface area contributed by atoms with Crippen molar-refractivity contribution in [3.63, 3.8) is 0 Å². The highest BCUT2D eigenvalue weighted by Gasteiger charge is 2.27. The number of amides is 2. The van der Waals surface area contributed by atoms with Crippen LogP contribution >= 0.6 is 11.8 Å². The number of nitrogens with zero attached hydrogens (tertiary/aromatic N) is 1. The van der Waals surface area contributed by atoms with E-state index in [1.54, 1.807) is 0 Å². The van der Waals surface area contributed by atoms with Gasteiger partial charge < -0.3 is 38.7 Å². The lowest BCUT2D eigenvalue weighted by Gasteiger charge is -2.23. The van der Waals surface area contributed by atoms with Gasteiger partial charge in [-0.2, -0.15) is 11.8 Å². The van der Waals surface area contributed by atoms with Crippen LogP contribution in [0.4, 0.5) is 0 Å². The quantitative estimate of drug-likeness (QED) is 0.0838. The lowest BCUT2D eigenvalue weighted by Crippen LogP contribution is -2.54. The molecule has 0 rings (SSSR count). The maximum Gasteiger partial charge on any atom is 0.326 e. The molecule has 12 heteroatoms. The minimum atomic E-state index is -1.11. The number of carbonyl (C=O) groups excluding carboxylic acids is 2. The first kappa shape index (κ1) is 27.0. The molecule has 3 atom stereocenters. The van der Waals surface area contributed by atoms with Gasteiger partial charge in [0.2, 0.25) is 11.8 Å². The molecule has 0 radical (unpaired) electrons. The zero-order valence-corrected chi connectivity index (χ0v) is 17.7. The Morgan fingerprint density at radius 2 is 1.66 bits per heavy atom. The number of carboxylic acid groups (broad SMARTS) is 1. The van der Waals surface area contributed by atoms with Crippen molar-refractivity contribution in [3.05, 3.63) is 0 Å². The summed E-state index contributed by atoms with van der Waals surface area (Å²) >= 11 is 1.49. The van der Waals surface area contributed by atoms with Crippen LogP contribution in [0.3, 0.4) is 0 Å². The second kappa shape index (κ2) is 15.8. The van der Waals surface area contributed by atoms with Gasteiger partial charge in [0.25, 0.3) is 0 Å². The van der Waals surface area contributed by atoms with Crippen LogP contribution in [0.1, 0.15) is 38.5 Å². The van der Waals surface area contributed by atoms with Crippen molar-refractivity contribution in [2.45, 2.75) is 56.7 Å². The first-order valence-electron chi connectivity index (χ1n) is 9.56. The van der Waals surface area contributed by atoms with Crippen LogP contribution in [-0.4, -0.2) is 72.1 Å². The predicted octanol–water partition coefficient (Wildman–Crippen LogP) is -1.70. The molecule has 0 aliphatic rings. The number of nitrogens with one attached hydrogen (secondary N) is 2. The molecule has 11 N–H and O–H groups in total. The van der Waals surface area contributed by atoms with Gasteiger partial charge in [-0.25, -0.2) is 4.79 Å². The van der Waals surface area contributed by atoms with Gasteiger partial charge in [0.15, 0.2) is 5.96 Å². The minimum Gasteiger partial charge on any atom is -0.480 e. The number of thioether (sulfide) groups is 1. The number of guanidine groups is 1. The Morgan fingerprint density at radius 1 is 1.00 bits per heavy atom. The standard InChI is InChI=1S/C17H35N7O4S/c1-29-10-7-13(16(27)28)24-15(26)12(6-2-3-8-18)23-14(25)11(19)5-4-9-22-17(20)21/h11-13H,2-10,18-19H2,1H3,(H,23,25)(H,24,26)(H,27,28)(H4,20,21,22). The smallest absolute Gasteiger partial charge is 0.326 e. The number of rotatable bonds is 16. The number of unbranched alkanes of at least 4 members (excludes halogenated alkanes) is 1. The molecule has 29 heavy (non-hydrogen) atoms. The van der Waals surface area contributed by atoms with Crippen molar-refractivity contribution < 1.29 is 19.5 Å². The number of hydrogen-bond acceptors (Lipinski definition) is 7. The van der Waals surface area contributed by atoms with Crippen molar-refractivity contribution in [3.8, 4) is 0 Å². The summed E-state index contributed by atoms with van der Waals surface area (Å²) < 4.78 is 0. The van der Waals surface area contributed by atoms with Gasteiger partial charge >= 0.3 is 5.97 Å². The summed E-state index contributed by atoms with van der Waals surface area (Å²) in [4.78, 5) is 40.2. The van der Waals surface area contributed by atoms with Crippen LogP contribution in [-0.2, 0) is 14.4 Å². The number of carbonyl (C=O) groups is 3. The zero-order chi connectivity index (χ0) is 22.2. The monoisotopic (exact) mass is 433 g/mol. The second-order valence-corrected chi connectivity index (χ2v) is 7.57. The van der Waals surface area contributed by atoms with E-state index in [1.807, 2.05) is 6.26 Å². The Kier molecular flexibility index (Phi) is 14.7. The van der Waals surface area contributed by atoms with Crippen LogP contribution in [0.25, 0.3) is 0 Å². The molecule has 0 heterocycles. The largest absolute Gasteiger partial charge is 0.480 e. The van der Waals surface area contributed by atoms with E-state index in [4.69, 9.17) is 22.9 Å². The van der Waals surface area contributed by atoms with Crippen LogP contribution in [0.15, 0.2) is 4.99 Å². The summed E-state index contributed by atoms with van der Waals surface area (Å²) in [6.45, 7) is 0.803. The Hall–Kier alpha value is -2.05. The third kappa shape index (κ3) is 12.9. The van der Waals surface area contributed by atoms with Crippen molar-refractivity contribution in [2.24, 2.45) is 27.9 Å². The fraction of sp³-hybridized carbons (Fsp3) is 0.765. The normalized spacial score (nSPS) is 13.8. The third-order valence-electron chi connectivity index (χ3n) is 4.11. The summed E-state index contributed by atoms with van der Waals surface area (Å²) in [5, 5.41) is 14.4. The molecular formula is C17H35N7O4S. The number of aliphatic imine (C=N–C) groups is 1. The molecule has 0 spiro atoms. The van der Waals surface area contributed by atoms with Crippen LogP contribution in [0.5, 0.6) is 0 Å². The molecule has 2 amide bonds. The van der Waals surface area contributed by atoms with E-state index in [2.05, 4.69) is 15.6 Å². The molecular weight excluding hydrogens is 398 g/mol. The molecule has 0 aromatic heterocycles. The number of aliphatic carboxylic acids is 1. The molecule has 0 saturated carbocycles. The maximum absolute atomic E-state index is 12.6. The molecule has 3 unspecified atom stereocenters. The van der Waals surface area contributed by atoms with E-state index < -0.39 is 35.9 Å². The van der Waals surface area contributed by atoms with Gasteiger partial charge in [-0.05, 0) is 57.1 Å². The highest BCUT2D eigenvalue weighted by atomic mass is 32.2. The lowest BCUT2D eigenvalue weighted by molar-refractivity contribution is -0.142. The maximum atomic E-state index is 12.6. The first-order chi connectivity index (χ1) is 13.7.